The number of Topliss-reactive ketones (excluding diaryl/α,β-unsaturated/α-hetero) is 1. The number of likely N-dealkylation sites (tertiary alicyclic amines) is 1. The molecule has 0 aliphatic carbocycles. The standard InChI is InChI=1S/C25H31N5O5/c1-14(2)27-24(34)21(31)18(13-16-9-10-26-22(16)32)29-23(33)20-8-5-11-30(20)25(35)19-12-15-6-3-4-7-17(15)28-19/h3-4,6-7,12,14,16,18,20,28H,5,8-11,13H2,1-2H3,(H,26,32)(H,27,34)(H,29,33)/t16-,18-,20-/m0/s1. The third-order valence-electron chi connectivity index (χ3n) is 6.54. The van der Waals surface area contributed by atoms with Gasteiger partial charge in [0.1, 0.15) is 11.7 Å². The number of benzene rings is 1. The Balaban J connectivity index is 1.50. The lowest BCUT2D eigenvalue weighted by Crippen LogP contribution is -2.54. The van der Waals surface area contributed by atoms with Crippen molar-refractivity contribution in [3.63, 3.8) is 0 Å². The van der Waals surface area contributed by atoms with E-state index in [1.165, 1.54) is 4.90 Å². The van der Waals surface area contributed by atoms with Crippen LogP contribution in [0.2, 0.25) is 0 Å². The van der Waals surface area contributed by atoms with E-state index in [0.29, 0.717) is 38.0 Å². The molecule has 186 valence electrons. The highest BCUT2D eigenvalue weighted by molar-refractivity contribution is 6.38. The number of H-pyrrole nitrogens is 1. The quantitative estimate of drug-likeness (QED) is 0.414. The predicted molar refractivity (Wildman–Crippen MR) is 128 cm³/mol. The highest BCUT2D eigenvalue weighted by Gasteiger charge is 2.39. The van der Waals surface area contributed by atoms with Gasteiger partial charge >= 0.3 is 0 Å². The maximum atomic E-state index is 13.3. The number of carbonyl (C=O) groups excluding carboxylic acids is 5. The van der Waals surface area contributed by atoms with Crippen LogP contribution in [0, 0.1) is 5.92 Å². The minimum atomic E-state index is -1.15. The Morgan fingerprint density at radius 2 is 1.89 bits per heavy atom. The van der Waals surface area contributed by atoms with E-state index in [9.17, 15) is 24.0 Å². The monoisotopic (exact) mass is 481 g/mol. The van der Waals surface area contributed by atoms with Crippen LogP contribution in [0.5, 0.6) is 0 Å². The van der Waals surface area contributed by atoms with E-state index in [2.05, 4.69) is 20.9 Å². The first-order valence-corrected chi connectivity index (χ1v) is 12.1. The Labute approximate surface area is 203 Å². The van der Waals surface area contributed by atoms with Gasteiger partial charge in [0.25, 0.3) is 11.8 Å². The molecule has 0 saturated carbocycles. The Kier molecular flexibility index (Phi) is 7.18. The van der Waals surface area contributed by atoms with E-state index in [1.807, 2.05) is 24.3 Å². The summed E-state index contributed by atoms with van der Waals surface area (Å²) in [6.45, 7) is 4.36. The van der Waals surface area contributed by atoms with Crippen molar-refractivity contribution in [2.24, 2.45) is 5.92 Å². The minimum Gasteiger partial charge on any atom is -0.356 e. The van der Waals surface area contributed by atoms with Crippen LogP contribution >= 0.6 is 0 Å². The molecule has 4 N–H and O–H groups in total. The van der Waals surface area contributed by atoms with Crippen LogP contribution in [0.1, 0.15) is 50.0 Å². The number of aromatic nitrogens is 1. The minimum absolute atomic E-state index is 0.0323. The molecule has 0 unspecified atom stereocenters. The largest absolute Gasteiger partial charge is 0.356 e. The van der Waals surface area contributed by atoms with Crippen LogP contribution in [-0.4, -0.2) is 70.5 Å². The predicted octanol–water partition coefficient (Wildman–Crippen LogP) is 0.877. The van der Waals surface area contributed by atoms with E-state index in [1.54, 1.807) is 19.9 Å². The molecule has 35 heavy (non-hydrogen) atoms. The summed E-state index contributed by atoms with van der Waals surface area (Å²) in [6, 6.07) is 7.11. The third-order valence-corrected chi connectivity index (χ3v) is 6.54. The molecule has 0 bridgehead atoms. The van der Waals surface area contributed by atoms with Crippen molar-refractivity contribution in [3.8, 4) is 0 Å². The number of nitrogens with zero attached hydrogens (tertiary/aromatic N) is 1. The highest BCUT2D eigenvalue weighted by atomic mass is 16.2. The van der Waals surface area contributed by atoms with Gasteiger partial charge in [0.2, 0.25) is 17.6 Å². The van der Waals surface area contributed by atoms with Crippen LogP contribution in [0.3, 0.4) is 0 Å². The second kappa shape index (κ2) is 10.3. The molecule has 0 radical (unpaired) electrons. The zero-order valence-electron chi connectivity index (χ0n) is 19.9. The van der Waals surface area contributed by atoms with Gasteiger partial charge in [0, 0.05) is 36.0 Å². The molecule has 2 fully saturated rings. The number of amides is 4. The molecule has 2 aliphatic rings. The van der Waals surface area contributed by atoms with E-state index in [-0.39, 0.29) is 24.3 Å². The van der Waals surface area contributed by atoms with Crippen molar-refractivity contribution in [2.45, 2.75) is 57.7 Å². The summed E-state index contributed by atoms with van der Waals surface area (Å²) in [6.07, 6.45) is 1.64. The molecule has 2 aromatic rings. The summed E-state index contributed by atoms with van der Waals surface area (Å²) >= 11 is 0. The normalized spacial score (nSPS) is 20.7. The van der Waals surface area contributed by atoms with E-state index < -0.39 is 35.6 Å². The molecule has 2 aliphatic heterocycles. The maximum absolute atomic E-state index is 13.3. The molecule has 10 nitrogen and oxygen atoms in total. The molecular weight excluding hydrogens is 450 g/mol. The number of para-hydroxylation sites is 1. The molecule has 10 heteroatoms. The Morgan fingerprint density at radius 1 is 1.11 bits per heavy atom. The summed E-state index contributed by atoms with van der Waals surface area (Å²) in [5, 5.41) is 8.85. The van der Waals surface area contributed by atoms with Gasteiger partial charge in [-0.1, -0.05) is 18.2 Å². The second-order valence-electron chi connectivity index (χ2n) is 9.49. The zero-order chi connectivity index (χ0) is 25.1. The lowest BCUT2D eigenvalue weighted by atomic mass is 9.95. The summed E-state index contributed by atoms with van der Waals surface area (Å²) in [5.41, 5.74) is 1.21. The SMILES string of the molecule is CC(C)NC(=O)C(=O)[C@H](C[C@@H]1CCNC1=O)NC(=O)[C@@H]1CCCN1C(=O)c1cc2ccccc2[nH]1. The average Bonchev–Trinajstić information content (AvgIpc) is 3.56. The number of hydrogen-bond acceptors (Lipinski definition) is 5. The summed E-state index contributed by atoms with van der Waals surface area (Å²) in [4.78, 5) is 68.5. The van der Waals surface area contributed by atoms with Gasteiger partial charge in [0.05, 0.1) is 6.04 Å². The lowest BCUT2D eigenvalue weighted by Gasteiger charge is -2.26. The second-order valence-corrected chi connectivity index (χ2v) is 9.49. The van der Waals surface area contributed by atoms with Crippen molar-refractivity contribution in [1.29, 1.82) is 0 Å². The fraction of sp³-hybridized carbons (Fsp3) is 0.480. The summed E-state index contributed by atoms with van der Waals surface area (Å²) < 4.78 is 0. The van der Waals surface area contributed by atoms with Gasteiger partial charge in [-0.3, -0.25) is 24.0 Å². The molecule has 1 aromatic heterocycles. The Bertz CT molecular complexity index is 1120. The molecular formula is C25H31N5O5. The number of fused-ring (bicyclic) bond motifs is 1. The first-order chi connectivity index (χ1) is 16.7. The number of hydrogen-bond donors (Lipinski definition) is 4. The van der Waals surface area contributed by atoms with Crippen molar-refractivity contribution in [3.05, 3.63) is 36.0 Å². The molecule has 1 aromatic carbocycles. The third kappa shape index (κ3) is 5.36. The van der Waals surface area contributed by atoms with Crippen LogP contribution < -0.4 is 16.0 Å². The fourth-order valence-corrected chi connectivity index (χ4v) is 4.77. The van der Waals surface area contributed by atoms with Crippen molar-refractivity contribution < 1.29 is 24.0 Å². The van der Waals surface area contributed by atoms with Crippen LogP contribution in [-0.2, 0) is 19.2 Å². The Hall–Kier alpha value is -3.69. The van der Waals surface area contributed by atoms with Gasteiger partial charge in [-0.05, 0) is 51.7 Å². The lowest BCUT2D eigenvalue weighted by molar-refractivity contribution is -0.141. The van der Waals surface area contributed by atoms with E-state index >= 15 is 0 Å². The number of rotatable bonds is 8. The van der Waals surface area contributed by atoms with E-state index in [4.69, 9.17) is 0 Å². The molecule has 3 heterocycles. The van der Waals surface area contributed by atoms with Gasteiger partial charge in [-0.25, -0.2) is 0 Å². The zero-order valence-corrected chi connectivity index (χ0v) is 19.9. The topological polar surface area (TPSA) is 140 Å². The number of aromatic amines is 1. The van der Waals surface area contributed by atoms with Crippen LogP contribution in [0.4, 0.5) is 0 Å². The van der Waals surface area contributed by atoms with Gasteiger partial charge in [0.15, 0.2) is 0 Å². The summed E-state index contributed by atoms with van der Waals surface area (Å²) in [5.74, 6) is -3.06. The number of ketones is 1. The Morgan fingerprint density at radius 3 is 2.57 bits per heavy atom. The molecule has 4 amide bonds. The van der Waals surface area contributed by atoms with Crippen LogP contribution in [0.25, 0.3) is 10.9 Å². The van der Waals surface area contributed by atoms with Crippen molar-refractivity contribution >= 4 is 40.3 Å². The fourth-order valence-electron chi connectivity index (χ4n) is 4.77. The average molecular weight is 482 g/mol. The number of carbonyl (C=O) groups is 5. The maximum Gasteiger partial charge on any atom is 0.289 e. The molecule has 2 saturated heterocycles. The highest BCUT2D eigenvalue weighted by Crippen LogP contribution is 2.23. The number of nitrogens with one attached hydrogen (secondary N) is 4. The van der Waals surface area contributed by atoms with Crippen molar-refractivity contribution in [2.75, 3.05) is 13.1 Å². The van der Waals surface area contributed by atoms with Gasteiger partial charge in [-0.2, -0.15) is 0 Å². The molecule has 3 atom stereocenters. The van der Waals surface area contributed by atoms with Gasteiger partial charge < -0.3 is 25.8 Å². The summed E-state index contributed by atoms with van der Waals surface area (Å²) in [7, 11) is 0. The van der Waals surface area contributed by atoms with Crippen molar-refractivity contribution in [1.82, 2.24) is 25.8 Å². The smallest absolute Gasteiger partial charge is 0.289 e. The van der Waals surface area contributed by atoms with Gasteiger partial charge in [-0.15, -0.1) is 0 Å². The first-order valence-electron chi connectivity index (χ1n) is 12.1. The molecule has 0 spiro atoms. The van der Waals surface area contributed by atoms with E-state index in [0.717, 1.165) is 10.9 Å². The molecule has 4 rings (SSSR count). The first kappa shape index (κ1) is 24.4. The van der Waals surface area contributed by atoms with Crippen LogP contribution in [0.15, 0.2) is 30.3 Å².